The summed E-state index contributed by atoms with van der Waals surface area (Å²) >= 11 is 12.4. The highest BCUT2D eigenvalue weighted by molar-refractivity contribution is 6.44. The standard InChI is InChI=1S/C18H8Cl2N4O6/c19-11-4-2-9-15-10(3-5-12(20)16(11)15)18(26)22(17(9)25)21-13-6-1-8(23(27)28)7-14(13)24(29)30/h1-7,21H. The number of hydrogen-bond acceptors (Lipinski definition) is 7. The number of hydrazine groups is 1. The molecule has 0 aliphatic carbocycles. The van der Waals surface area contributed by atoms with Crippen LogP contribution in [0.15, 0.2) is 42.5 Å². The second-order valence-corrected chi connectivity index (χ2v) is 7.03. The first-order valence-electron chi connectivity index (χ1n) is 8.19. The quantitative estimate of drug-likeness (QED) is 0.351. The van der Waals surface area contributed by atoms with Crippen molar-refractivity contribution in [2.75, 3.05) is 5.43 Å². The van der Waals surface area contributed by atoms with Crippen molar-refractivity contribution in [1.82, 2.24) is 5.01 Å². The van der Waals surface area contributed by atoms with E-state index < -0.39 is 33.0 Å². The molecule has 0 saturated carbocycles. The number of benzene rings is 3. The van der Waals surface area contributed by atoms with E-state index in [0.717, 1.165) is 18.2 Å². The molecule has 1 heterocycles. The van der Waals surface area contributed by atoms with Gasteiger partial charge >= 0.3 is 5.69 Å². The van der Waals surface area contributed by atoms with Gasteiger partial charge in [-0.05, 0) is 30.3 Å². The molecule has 3 aromatic carbocycles. The second-order valence-electron chi connectivity index (χ2n) is 6.21. The normalized spacial score (nSPS) is 12.9. The molecule has 10 nitrogen and oxygen atoms in total. The topological polar surface area (TPSA) is 136 Å². The predicted octanol–water partition coefficient (Wildman–Crippen LogP) is 4.59. The lowest BCUT2D eigenvalue weighted by Crippen LogP contribution is -2.44. The lowest BCUT2D eigenvalue weighted by molar-refractivity contribution is -0.393. The van der Waals surface area contributed by atoms with Crippen molar-refractivity contribution < 1.29 is 19.4 Å². The van der Waals surface area contributed by atoms with E-state index in [4.69, 9.17) is 23.2 Å². The predicted molar refractivity (Wildman–Crippen MR) is 108 cm³/mol. The first-order valence-corrected chi connectivity index (χ1v) is 8.95. The average Bonchev–Trinajstić information content (AvgIpc) is 2.70. The fraction of sp³-hybridized carbons (Fsp3) is 0. The largest absolute Gasteiger partial charge is 0.300 e. The summed E-state index contributed by atoms with van der Waals surface area (Å²) in [5.41, 5.74) is 1.19. The van der Waals surface area contributed by atoms with E-state index >= 15 is 0 Å². The van der Waals surface area contributed by atoms with Crippen LogP contribution in [0.5, 0.6) is 0 Å². The Morgan fingerprint density at radius 2 is 1.37 bits per heavy atom. The zero-order valence-corrected chi connectivity index (χ0v) is 16.1. The summed E-state index contributed by atoms with van der Waals surface area (Å²) in [6.45, 7) is 0. The molecule has 0 fully saturated rings. The summed E-state index contributed by atoms with van der Waals surface area (Å²) in [7, 11) is 0. The number of nitro benzene ring substituents is 2. The van der Waals surface area contributed by atoms with Gasteiger partial charge in [-0.1, -0.05) is 23.2 Å². The van der Waals surface area contributed by atoms with Crippen molar-refractivity contribution in [3.63, 3.8) is 0 Å². The van der Waals surface area contributed by atoms with E-state index in [1.807, 2.05) is 0 Å². The van der Waals surface area contributed by atoms with Gasteiger partial charge in [-0.15, -0.1) is 0 Å². The number of hydrogen-bond donors (Lipinski definition) is 1. The van der Waals surface area contributed by atoms with Crippen LogP contribution >= 0.6 is 23.2 Å². The van der Waals surface area contributed by atoms with Gasteiger partial charge in [-0.25, -0.2) is 0 Å². The first kappa shape index (κ1) is 19.6. The van der Waals surface area contributed by atoms with Gasteiger partial charge in [0.25, 0.3) is 17.5 Å². The molecule has 0 spiro atoms. The van der Waals surface area contributed by atoms with E-state index in [1.165, 1.54) is 24.3 Å². The van der Waals surface area contributed by atoms with Crippen molar-refractivity contribution in [3.8, 4) is 0 Å². The molecular weight excluding hydrogens is 439 g/mol. The number of carbonyl (C=O) groups is 2. The summed E-state index contributed by atoms with van der Waals surface area (Å²) in [6, 6.07) is 8.53. The number of nitro groups is 2. The molecular formula is C18H8Cl2N4O6. The monoisotopic (exact) mass is 446 g/mol. The molecule has 0 saturated heterocycles. The molecule has 1 aliphatic rings. The number of nitrogens with one attached hydrogen (secondary N) is 1. The number of non-ortho nitro benzene ring substituents is 1. The Balaban J connectivity index is 1.83. The van der Waals surface area contributed by atoms with E-state index in [0.29, 0.717) is 10.4 Å². The van der Waals surface area contributed by atoms with Crippen molar-refractivity contribution in [2.24, 2.45) is 0 Å². The lowest BCUT2D eigenvalue weighted by atomic mass is 9.95. The lowest BCUT2D eigenvalue weighted by Gasteiger charge is -2.28. The summed E-state index contributed by atoms with van der Waals surface area (Å²) in [5.74, 6) is -1.58. The highest BCUT2D eigenvalue weighted by Crippen LogP contribution is 2.39. The Kier molecular flexibility index (Phi) is 4.52. The van der Waals surface area contributed by atoms with Crippen LogP contribution in [0, 0.1) is 20.2 Å². The zero-order valence-electron chi connectivity index (χ0n) is 14.6. The number of amides is 2. The SMILES string of the molecule is O=C1c2ccc(Cl)c3c(Cl)ccc(c23)C(=O)N1Nc1ccc([N+](=O)[O-])cc1[N+](=O)[O-]. The molecule has 1 aliphatic heterocycles. The van der Waals surface area contributed by atoms with E-state index in [-0.39, 0.29) is 32.2 Å². The molecule has 12 heteroatoms. The third kappa shape index (κ3) is 2.90. The van der Waals surface area contributed by atoms with Gasteiger partial charge in [0.05, 0.1) is 27.0 Å². The van der Waals surface area contributed by atoms with Crippen molar-refractivity contribution >= 4 is 62.9 Å². The highest BCUT2D eigenvalue weighted by atomic mass is 35.5. The average molecular weight is 447 g/mol. The Labute approximate surface area is 176 Å². The van der Waals surface area contributed by atoms with Gasteiger partial charge in [-0.2, -0.15) is 5.01 Å². The minimum atomic E-state index is -0.859. The van der Waals surface area contributed by atoms with Crippen LogP contribution in [0.2, 0.25) is 10.0 Å². The van der Waals surface area contributed by atoms with Crippen molar-refractivity contribution in [2.45, 2.75) is 0 Å². The molecule has 0 bridgehead atoms. The number of carbonyl (C=O) groups excluding carboxylic acids is 2. The summed E-state index contributed by atoms with van der Waals surface area (Å²) in [4.78, 5) is 46.6. The molecule has 0 unspecified atom stereocenters. The van der Waals surface area contributed by atoms with Crippen LogP contribution in [0.4, 0.5) is 17.1 Å². The molecule has 0 atom stereocenters. The van der Waals surface area contributed by atoms with Crippen LogP contribution in [-0.4, -0.2) is 26.7 Å². The summed E-state index contributed by atoms with van der Waals surface area (Å²) < 4.78 is 0. The minimum absolute atomic E-state index is 0.114. The van der Waals surface area contributed by atoms with E-state index in [9.17, 15) is 29.8 Å². The van der Waals surface area contributed by atoms with Gasteiger partial charge in [0, 0.05) is 26.9 Å². The Morgan fingerprint density at radius 3 is 1.87 bits per heavy atom. The molecule has 0 radical (unpaired) electrons. The maximum Gasteiger partial charge on any atom is 0.300 e. The maximum atomic E-state index is 13.0. The summed E-state index contributed by atoms with van der Waals surface area (Å²) in [6.07, 6.45) is 0. The van der Waals surface area contributed by atoms with Gasteiger partial charge in [0.2, 0.25) is 0 Å². The molecule has 150 valence electrons. The van der Waals surface area contributed by atoms with E-state index in [2.05, 4.69) is 5.43 Å². The first-order chi connectivity index (χ1) is 14.2. The Morgan fingerprint density at radius 1 is 0.800 bits per heavy atom. The van der Waals surface area contributed by atoms with Gasteiger partial charge in [0.15, 0.2) is 0 Å². The smallest absolute Gasteiger partial charge is 0.282 e. The molecule has 0 aromatic heterocycles. The fourth-order valence-corrected chi connectivity index (χ4v) is 3.77. The number of rotatable bonds is 4. The maximum absolute atomic E-state index is 13.0. The number of nitrogens with zero attached hydrogens (tertiary/aromatic N) is 3. The molecule has 4 rings (SSSR count). The minimum Gasteiger partial charge on any atom is -0.282 e. The second kappa shape index (κ2) is 6.94. The number of anilines is 1. The fourth-order valence-electron chi connectivity index (χ4n) is 3.20. The molecule has 3 aromatic rings. The van der Waals surface area contributed by atoms with Crippen LogP contribution < -0.4 is 5.43 Å². The van der Waals surface area contributed by atoms with Gasteiger partial charge in [-0.3, -0.25) is 35.2 Å². The molecule has 1 N–H and O–H groups in total. The van der Waals surface area contributed by atoms with Crippen molar-refractivity contribution in [1.29, 1.82) is 0 Å². The van der Waals surface area contributed by atoms with Gasteiger partial charge in [0.1, 0.15) is 5.69 Å². The van der Waals surface area contributed by atoms with Crippen LogP contribution in [0.1, 0.15) is 20.7 Å². The molecule has 30 heavy (non-hydrogen) atoms. The van der Waals surface area contributed by atoms with Crippen LogP contribution in [0.25, 0.3) is 10.8 Å². The van der Waals surface area contributed by atoms with Crippen LogP contribution in [-0.2, 0) is 0 Å². The highest BCUT2D eigenvalue weighted by Gasteiger charge is 2.35. The summed E-state index contributed by atoms with van der Waals surface area (Å²) in [5, 5.41) is 24.0. The van der Waals surface area contributed by atoms with Crippen LogP contribution in [0.3, 0.4) is 0 Å². The zero-order chi connectivity index (χ0) is 21.7. The molecule has 2 amide bonds. The Bertz CT molecular complexity index is 1250. The van der Waals surface area contributed by atoms with Gasteiger partial charge < -0.3 is 0 Å². The third-order valence-corrected chi connectivity index (χ3v) is 5.18. The third-order valence-electron chi connectivity index (χ3n) is 4.55. The number of halogens is 2. The number of imide groups is 1. The van der Waals surface area contributed by atoms with E-state index in [1.54, 1.807) is 0 Å². The Hall–Kier alpha value is -3.76. The van der Waals surface area contributed by atoms with Crippen molar-refractivity contribution in [3.05, 3.63) is 83.9 Å².